The Labute approximate surface area is 109 Å². The van der Waals surface area contributed by atoms with Crippen LogP contribution in [-0.4, -0.2) is 20.6 Å². The number of nitrogens with zero attached hydrogens (tertiary/aromatic N) is 2. The predicted molar refractivity (Wildman–Crippen MR) is 70.1 cm³/mol. The summed E-state index contributed by atoms with van der Waals surface area (Å²) < 4.78 is 7.36. The summed E-state index contributed by atoms with van der Waals surface area (Å²) in [4.78, 5) is 14.6. The second kappa shape index (κ2) is 3.98. The Balaban J connectivity index is 2.29. The van der Waals surface area contributed by atoms with E-state index in [1.165, 1.54) is 6.20 Å². The number of hydrogen-bond acceptors (Lipinski definition) is 3. The molecule has 1 N–H and O–H groups in total. The molecule has 0 saturated heterocycles. The van der Waals surface area contributed by atoms with E-state index < -0.39 is 5.97 Å². The average molecular weight is 256 g/mol. The lowest BCUT2D eigenvalue weighted by Gasteiger charge is -1.98. The molecule has 5 heteroatoms. The summed E-state index contributed by atoms with van der Waals surface area (Å²) in [5.74, 6) is -0.974. The molecule has 3 rings (SSSR count). The van der Waals surface area contributed by atoms with E-state index in [1.807, 2.05) is 42.8 Å². The van der Waals surface area contributed by atoms with Crippen molar-refractivity contribution in [3.63, 3.8) is 0 Å². The van der Waals surface area contributed by atoms with Crippen LogP contribution in [0.25, 0.3) is 22.2 Å². The van der Waals surface area contributed by atoms with Crippen molar-refractivity contribution >= 4 is 16.9 Å². The molecule has 96 valence electrons. The molecule has 0 amide bonds. The molecule has 0 radical (unpaired) electrons. The fourth-order valence-corrected chi connectivity index (χ4v) is 2.32. The molecule has 0 saturated carbocycles. The third-order valence-electron chi connectivity index (χ3n) is 3.33. The Hall–Kier alpha value is -2.56. The summed E-state index contributed by atoms with van der Waals surface area (Å²) in [7, 11) is 1.97. The van der Waals surface area contributed by atoms with Gasteiger partial charge in [0.15, 0.2) is 5.76 Å². The summed E-state index contributed by atoms with van der Waals surface area (Å²) in [5, 5.41) is 9.90. The summed E-state index contributed by atoms with van der Waals surface area (Å²) >= 11 is 0. The van der Waals surface area contributed by atoms with Gasteiger partial charge in [-0.1, -0.05) is 18.2 Å². The van der Waals surface area contributed by atoms with Gasteiger partial charge >= 0.3 is 11.9 Å². The molecular formula is C14H12N2O3. The summed E-state index contributed by atoms with van der Waals surface area (Å²) in [5.41, 5.74) is 2.97. The molecule has 3 aromatic rings. The molecule has 0 aliphatic carbocycles. The van der Waals surface area contributed by atoms with Gasteiger partial charge in [-0.05, 0) is 13.0 Å². The highest BCUT2D eigenvalue weighted by Gasteiger charge is 2.19. The minimum atomic E-state index is -1.16. The number of oxazole rings is 1. The Morgan fingerprint density at radius 2 is 2.11 bits per heavy atom. The maximum absolute atomic E-state index is 10.8. The van der Waals surface area contributed by atoms with Crippen molar-refractivity contribution in [3.8, 4) is 11.3 Å². The van der Waals surface area contributed by atoms with Crippen molar-refractivity contribution in [1.82, 2.24) is 9.55 Å². The number of para-hydroxylation sites is 1. The van der Waals surface area contributed by atoms with Crippen molar-refractivity contribution in [2.24, 2.45) is 7.05 Å². The number of benzene rings is 1. The van der Waals surface area contributed by atoms with Crippen LogP contribution in [0.1, 0.15) is 16.4 Å². The summed E-state index contributed by atoms with van der Waals surface area (Å²) in [6, 6.07) is 7.91. The first-order chi connectivity index (χ1) is 9.09. The molecule has 0 fully saturated rings. The van der Waals surface area contributed by atoms with E-state index in [4.69, 9.17) is 9.52 Å². The highest BCUT2D eigenvalue weighted by Crippen LogP contribution is 2.34. The van der Waals surface area contributed by atoms with Gasteiger partial charge in [0.05, 0.1) is 6.20 Å². The van der Waals surface area contributed by atoms with Gasteiger partial charge in [-0.2, -0.15) is 0 Å². The predicted octanol–water partition coefficient (Wildman–Crippen LogP) is 2.84. The van der Waals surface area contributed by atoms with E-state index in [-0.39, 0.29) is 5.89 Å². The fourth-order valence-electron chi connectivity index (χ4n) is 2.32. The van der Waals surface area contributed by atoms with Gasteiger partial charge in [-0.25, -0.2) is 9.78 Å². The van der Waals surface area contributed by atoms with E-state index >= 15 is 0 Å². The number of hydrogen-bond donors (Lipinski definition) is 1. The van der Waals surface area contributed by atoms with Gasteiger partial charge < -0.3 is 14.1 Å². The highest BCUT2D eigenvalue weighted by molar-refractivity contribution is 5.97. The van der Waals surface area contributed by atoms with Crippen LogP contribution in [0.2, 0.25) is 0 Å². The molecular weight excluding hydrogens is 244 g/mol. The summed E-state index contributed by atoms with van der Waals surface area (Å²) in [6.07, 6.45) is 1.46. The normalized spacial score (nSPS) is 11.1. The smallest absolute Gasteiger partial charge is 0.392 e. The van der Waals surface area contributed by atoms with Gasteiger partial charge in [0.2, 0.25) is 0 Å². The van der Waals surface area contributed by atoms with E-state index in [2.05, 4.69) is 4.98 Å². The first-order valence-electron chi connectivity index (χ1n) is 5.83. The maximum atomic E-state index is 10.8. The van der Waals surface area contributed by atoms with Crippen LogP contribution in [0.5, 0.6) is 0 Å². The van der Waals surface area contributed by atoms with Crippen molar-refractivity contribution < 1.29 is 14.3 Å². The van der Waals surface area contributed by atoms with Crippen LogP contribution in [0.15, 0.2) is 34.9 Å². The van der Waals surface area contributed by atoms with Crippen LogP contribution in [-0.2, 0) is 7.05 Å². The number of rotatable bonds is 2. The molecule has 1 aromatic carbocycles. The van der Waals surface area contributed by atoms with Crippen LogP contribution in [0, 0.1) is 6.92 Å². The number of aromatic carboxylic acids is 1. The topological polar surface area (TPSA) is 68.3 Å². The molecule has 0 unspecified atom stereocenters. The molecule has 5 nitrogen and oxygen atoms in total. The first kappa shape index (κ1) is 11.5. The third kappa shape index (κ3) is 1.62. The Kier molecular flexibility index (Phi) is 2.41. The van der Waals surface area contributed by atoms with Gasteiger partial charge in [0.1, 0.15) is 0 Å². The van der Waals surface area contributed by atoms with Crippen LogP contribution < -0.4 is 0 Å². The lowest BCUT2D eigenvalue weighted by molar-refractivity contribution is 0.0654. The largest absolute Gasteiger partial charge is 0.474 e. The zero-order chi connectivity index (χ0) is 13.6. The number of fused-ring (bicyclic) bond motifs is 1. The molecule has 0 bridgehead atoms. The molecule has 0 aliphatic rings. The van der Waals surface area contributed by atoms with Crippen molar-refractivity contribution in [3.05, 3.63) is 42.0 Å². The van der Waals surface area contributed by atoms with Crippen LogP contribution >= 0.6 is 0 Å². The van der Waals surface area contributed by atoms with Gasteiger partial charge in [-0.15, -0.1) is 0 Å². The average Bonchev–Trinajstić information content (AvgIpc) is 2.96. The number of carboxylic acid groups (broad SMARTS) is 1. The minimum absolute atomic E-state index is 0.290. The quantitative estimate of drug-likeness (QED) is 0.765. The number of carboxylic acids is 1. The van der Waals surface area contributed by atoms with Crippen LogP contribution in [0.3, 0.4) is 0 Å². The Morgan fingerprint density at radius 3 is 2.79 bits per heavy atom. The maximum Gasteiger partial charge on any atom is 0.392 e. The SMILES string of the molecule is Cc1c(-c2cnc(C(=O)O)o2)c2ccccc2n1C. The van der Waals surface area contributed by atoms with Gasteiger partial charge in [0.25, 0.3) is 0 Å². The monoisotopic (exact) mass is 256 g/mol. The second-order valence-electron chi connectivity index (χ2n) is 4.37. The molecule has 0 aliphatic heterocycles. The van der Waals surface area contributed by atoms with E-state index in [0.29, 0.717) is 5.76 Å². The standard InChI is InChI=1S/C14H12N2O3/c1-8-12(11-7-15-13(19-11)14(17)18)9-5-3-4-6-10(9)16(8)2/h3-7H,1-2H3,(H,17,18). The zero-order valence-corrected chi connectivity index (χ0v) is 10.5. The number of aryl methyl sites for hydroxylation is 1. The Morgan fingerprint density at radius 1 is 1.37 bits per heavy atom. The van der Waals surface area contributed by atoms with Crippen molar-refractivity contribution in [2.45, 2.75) is 6.92 Å². The molecule has 19 heavy (non-hydrogen) atoms. The summed E-state index contributed by atoms with van der Waals surface area (Å²) in [6.45, 7) is 1.97. The molecule has 2 heterocycles. The van der Waals surface area contributed by atoms with Crippen molar-refractivity contribution in [2.75, 3.05) is 0 Å². The van der Waals surface area contributed by atoms with Gasteiger partial charge in [0, 0.05) is 29.2 Å². The number of carbonyl (C=O) groups is 1. The molecule has 0 atom stereocenters. The number of aromatic nitrogens is 2. The third-order valence-corrected chi connectivity index (χ3v) is 3.33. The zero-order valence-electron chi connectivity index (χ0n) is 10.5. The van der Waals surface area contributed by atoms with Crippen LogP contribution in [0.4, 0.5) is 0 Å². The Bertz CT molecular complexity index is 783. The lowest BCUT2D eigenvalue weighted by Crippen LogP contribution is -1.94. The first-order valence-corrected chi connectivity index (χ1v) is 5.83. The highest BCUT2D eigenvalue weighted by atomic mass is 16.4. The fraction of sp³-hybridized carbons (Fsp3) is 0.143. The lowest BCUT2D eigenvalue weighted by atomic mass is 10.1. The van der Waals surface area contributed by atoms with Crippen molar-refractivity contribution in [1.29, 1.82) is 0 Å². The minimum Gasteiger partial charge on any atom is -0.474 e. The van der Waals surface area contributed by atoms with E-state index in [1.54, 1.807) is 0 Å². The molecule has 0 spiro atoms. The van der Waals surface area contributed by atoms with Gasteiger partial charge in [-0.3, -0.25) is 0 Å². The van der Waals surface area contributed by atoms with E-state index in [0.717, 1.165) is 22.2 Å². The molecule has 2 aromatic heterocycles. The second-order valence-corrected chi connectivity index (χ2v) is 4.37. The van der Waals surface area contributed by atoms with E-state index in [9.17, 15) is 4.79 Å².